The van der Waals surface area contributed by atoms with Crippen LogP contribution in [0.3, 0.4) is 0 Å². The molecule has 142 valence electrons. The Morgan fingerprint density at radius 3 is 2.68 bits per heavy atom. The summed E-state index contributed by atoms with van der Waals surface area (Å²) in [6, 6.07) is 3.18. The summed E-state index contributed by atoms with van der Waals surface area (Å²) in [5.41, 5.74) is 2.45. The predicted molar refractivity (Wildman–Crippen MR) is 108 cm³/mol. The summed E-state index contributed by atoms with van der Waals surface area (Å²) in [4.78, 5) is 24.7. The highest BCUT2D eigenvalue weighted by molar-refractivity contribution is 6.33. The average molecular weight is 397 g/mol. The molecule has 0 unspecified atom stereocenters. The summed E-state index contributed by atoms with van der Waals surface area (Å²) >= 11 is 6.31. The van der Waals surface area contributed by atoms with E-state index in [1.54, 1.807) is 31.6 Å². The average Bonchev–Trinajstić information content (AvgIpc) is 2.69. The molecule has 7 nitrogen and oxygen atoms in total. The maximum absolute atomic E-state index is 11.9. The Morgan fingerprint density at radius 1 is 1.36 bits per heavy atom. The Labute approximate surface area is 168 Å². The van der Waals surface area contributed by atoms with Crippen molar-refractivity contribution in [3.05, 3.63) is 46.2 Å². The highest BCUT2D eigenvalue weighted by atomic mass is 35.5. The molecule has 28 heavy (non-hydrogen) atoms. The lowest BCUT2D eigenvalue weighted by Crippen LogP contribution is -2.35. The zero-order chi connectivity index (χ0) is 20.1. The van der Waals surface area contributed by atoms with Crippen molar-refractivity contribution in [1.82, 2.24) is 15.3 Å². The Morgan fingerprint density at radius 2 is 2.07 bits per heavy atom. The van der Waals surface area contributed by atoms with Gasteiger partial charge in [-0.1, -0.05) is 23.4 Å². The van der Waals surface area contributed by atoms with Crippen LogP contribution in [0.15, 0.2) is 29.5 Å². The van der Waals surface area contributed by atoms with E-state index in [9.17, 15) is 4.79 Å². The zero-order valence-corrected chi connectivity index (χ0v) is 16.5. The number of hydrogen-bond donors (Lipinski definition) is 1. The third-order valence-electron chi connectivity index (χ3n) is 4.07. The summed E-state index contributed by atoms with van der Waals surface area (Å²) < 4.78 is 7.37. The van der Waals surface area contributed by atoms with E-state index in [-0.39, 0.29) is 5.91 Å². The van der Waals surface area contributed by atoms with Crippen molar-refractivity contribution in [2.24, 2.45) is 4.99 Å². The second kappa shape index (κ2) is 8.63. The number of rotatable bonds is 4. The molecule has 1 amide bonds. The molecule has 2 aromatic rings. The number of halogens is 1. The number of aliphatic imine (C=N–C) groups is 1. The van der Waals surface area contributed by atoms with Gasteiger partial charge in [0.25, 0.3) is 5.91 Å². The molecule has 2 heterocycles. The fourth-order valence-electron chi connectivity index (χ4n) is 2.48. The minimum absolute atomic E-state index is 0.251. The van der Waals surface area contributed by atoms with Gasteiger partial charge >= 0.3 is 0 Å². The van der Waals surface area contributed by atoms with Crippen molar-refractivity contribution in [1.29, 1.82) is 0 Å². The minimum Gasteiger partial charge on any atom is -0.495 e. The molecule has 0 fully saturated rings. The van der Waals surface area contributed by atoms with Crippen LogP contribution in [-0.4, -0.2) is 59.6 Å². The van der Waals surface area contributed by atoms with Gasteiger partial charge in [-0.25, -0.2) is 19.5 Å². The van der Waals surface area contributed by atoms with Gasteiger partial charge in [-0.2, -0.15) is 0 Å². The highest BCUT2D eigenvalue weighted by Crippen LogP contribution is 2.29. The van der Waals surface area contributed by atoms with Crippen LogP contribution in [0.5, 0.6) is 5.75 Å². The van der Waals surface area contributed by atoms with Crippen molar-refractivity contribution in [3.63, 3.8) is 0 Å². The molecule has 8 heteroatoms. The van der Waals surface area contributed by atoms with Gasteiger partial charge in [0.15, 0.2) is 18.5 Å². The molecule has 0 spiro atoms. The number of amides is 1. The molecule has 3 rings (SSSR count). The van der Waals surface area contributed by atoms with Crippen LogP contribution in [0.2, 0.25) is 5.02 Å². The van der Waals surface area contributed by atoms with Gasteiger partial charge in [0.2, 0.25) is 5.95 Å². The first-order valence-electron chi connectivity index (χ1n) is 8.64. The standard InChI is InChI=1S/C20H18ClN5O2/c1-4-26-11-16(12-26)25-20-23-9-13(10-24-20)5-6-14-7-15(19(27)22-2)8-17(28-3)18(14)21/h7-11H,4,12H2,1-3H3/p+1. The first kappa shape index (κ1) is 19.5. The second-order valence-corrected chi connectivity index (χ2v) is 6.31. The summed E-state index contributed by atoms with van der Waals surface area (Å²) in [7, 11) is 3.04. The summed E-state index contributed by atoms with van der Waals surface area (Å²) in [6.07, 6.45) is 5.18. The molecule has 0 atom stereocenters. The zero-order valence-electron chi connectivity index (χ0n) is 15.8. The van der Waals surface area contributed by atoms with Crippen LogP contribution in [-0.2, 0) is 0 Å². The Balaban J connectivity index is 1.83. The Bertz CT molecular complexity index is 1030. The Hall–Kier alpha value is -3.24. The van der Waals surface area contributed by atoms with Crippen LogP contribution in [0.25, 0.3) is 0 Å². The third kappa shape index (κ3) is 4.35. The monoisotopic (exact) mass is 396 g/mol. The van der Waals surface area contributed by atoms with Crippen LogP contribution in [0.4, 0.5) is 5.95 Å². The fraction of sp³-hybridized carbons (Fsp3) is 0.250. The van der Waals surface area contributed by atoms with Crippen LogP contribution in [0.1, 0.15) is 28.4 Å². The van der Waals surface area contributed by atoms with E-state index < -0.39 is 0 Å². The molecule has 1 aromatic carbocycles. The largest absolute Gasteiger partial charge is 0.495 e. The van der Waals surface area contributed by atoms with E-state index in [0.29, 0.717) is 33.4 Å². The highest BCUT2D eigenvalue weighted by Gasteiger charge is 2.20. The molecular formula is C20H19ClN5O2+. The molecule has 0 bridgehead atoms. The van der Waals surface area contributed by atoms with Gasteiger partial charge in [-0.05, 0) is 19.1 Å². The number of nitrogens with one attached hydrogen (secondary N) is 1. The van der Waals surface area contributed by atoms with E-state index in [0.717, 1.165) is 18.8 Å². The molecular weight excluding hydrogens is 378 g/mol. The van der Waals surface area contributed by atoms with E-state index >= 15 is 0 Å². The molecule has 1 aliphatic rings. The number of hydrogen-bond acceptors (Lipinski definition) is 5. The van der Waals surface area contributed by atoms with E-state index in [1.165, 1.54) is 7.11 Å². The van der Waals surface area contributed by atoms with Crippen LogP contribution < -0.4 is 10.1 Å². The number of carbonyl (C=O) groups excluding carboxylic acids is 1. The van der Waals surface area contributed by atoms with Crippen molar-refractivity contribution >= 4 is 35.4 Å². The minimum atomic E-state index is -0.251. The maximum Gasteiger partial charge on any atom is 0.251 e. The van der Waals surface area contributed by atoms with Gasteiger partial charge in [0.05, 0.1) is 17.7 Å². The Kier molecular flexibility index (Phi) is 6.02. The first-order valence-corrected chi connectivity index (χ1v) is 9.02. The number of ether oxygens (including phenoxy) is 1. The van der Waals surface area contributed by atoms with Gasteiger partial charge in [-0.3, -0.25) is 4.79 Å². The fourth-order valence-corrected chi connectivity index (χ4v) is 2.72. The SMILES string of the molecule is CC[N+]1=CC(=Nc2ncc(C#Cc3cc(C(=O)NC)cc(OC)c3Cl)cn2)C1. The molecule has 0 saturated heterocycles. The molecule has 1 N–H and O–H groups in total. The van der Waals surface area contributed by atoms with E-state index in [1.807, 2.05) is 6.21 Å². The topological polar surface area (TPSA) is 79.5 Å². The van der Waals surface area contributed by atoms with Crippen molar-refractivity contribution in [2.75, 3.05) is 27.2 Å². The van der Waals surface area contributed by atoms with Gasteiger partial charge in [-0.15, -0.1) is 0 Å². The second-order valence-electron chi connectivity index (χ2n) is 5.94. The normalized spacial score (nSPS) is 13.9. The lowest BCUT2D eigenvalue weighted by molar-refractivity contribution is -0.515. The molecule has 1 aliphatic heterocycles. The number of benzene rings is 1. The summed E-state index contributed by atoms with van der Waals surface area (Å²) in [5.74, 6) is 6.43. The summed E-state index contributed by atoms with van der Waals surface area (Å²) in [5, 5.41) is 2.91. The lowest BCUT2D eigenvalue weighted by atomic mass is 10.1. The number of carbonyl (C=O) groups is 1. The van der Waals surface area contributed by atoms with Crippen molar-refractivity contribution < 1.29 is 14.1 Å². The van der Waals surface area contributed by atoms with Crippen LogP contribution >= 0.6 is 11.6 Å². The predicted octanol–water partition coefficient (Wildman–Crippen LogP) is 2.09. The van der Waals surface area contributed by atoms with Crippen molar-refractivity contribution in [3.8, 4) is 17.6 Å². The van der Waals surface area contributed by atoms with Gasteiger partial charge in [0.1, 0.15) is 12.3 Å². The van der Waals surface area contributed by atoms with Crippen LogP contribution in [0, 0.1) is 11.8 Å². The molecule has 0 aliphatic carbocycles. The van der Waals surface area contributed by atoms with Crippen molar-refractivity contribution in [2.45, 2.75) is 6.92 Å². The molecule has 1 aromatic heterocycles. The van der Waals surface area contributed by atoms with E-state index in [4.69, 9.17) is 16.3 Å². The third-order valence-corrected chi connectivity index (χ3v) is 4.46. The smallest absolute Gasteiger partial charge is 0.251 e. The molecule has 0 radical (unpaired) electrons. The maximum atomic E-state index is 11.9. The van der Waals surface area contributed by atoms with Gasteiger partial charge in [0, 0.05) is 30.6 Å². The van der Waals surface area contributed by atoms with Gasteiger partial charge < -0.3 is 10.1 Å². The first-order chi connectivity index (χ1) is 13.5. The molecule has 0 saturated carbocycles. The number of aromatic nitrogens is 2. The number of nitrogens with zero attached hydrogens (tertiary/aromatic N) is 4. The quantitative estimate of drug-likeness (QED) is 0.634. The summed E-state index contributed by atoms with van der Waals surface area (Å²) in [6.45, 7) is 3.86. The van der Waals surface area contributed by atoms with E-state index in [2.05, 4.69) is 43.6 Å². The lowest BCUT2D eigenvalue weighted by Gasteiger charge is -2.08. The number of methoxy groups -OCH3 is 1.